The fourth-order valence-corrected chi connectivity index (χ4v) is 4.25. The molecule has 3 rings (SSSR count). The predicted octanol–water partition coefficient (Wildman–Crippen LogP) is 3.12. The minimum Gasteiger partial charge on any atom is -0.468 e. The average Bonchev–Trinajstić information content (AvgIpc) is 2.98. The van der Waals surface area contributed by atoms with E-state index in [9.17, 15) is 4.79 Å². The van der Waals surface area contributed by atoms with Crippen molar-refractivity contribution in [2.75, 3.05) is 6.61 Å². The first kappa shape index (κ1) is 15.0. The van der Waals surface area contributed by atoms with Crippen molar-refractivity contribution in [3.63, 3.8) is 0 Å². The Bertz CT molecular complexity index is 472. The van der Waals surface area contributed by atoms with E-state index in [4.69, 9.17) is 9.15 Å². The third kappa shape index (κ3) is 3.64. The lowest BCUT2D eigenvalue weighted by Gasteiger charge is -2.28. The second kappa shape index (κ2) is 6.44. The zero-order valence-electron chi connectivity index (χ0n) is 12.5. The number of hydrogen-bond donors (Lipinski definition) is 1. The predicted molar refractivity (Wildman–Crippen MR) is 83.2 cm³/mol. The van der Waals surface area contributed by atoms with Gasteiger partial charge in [-0.2, -0.15) is 11.8 Å². The molecule has 2 aliphatic rings. The SMILES string of the molecule is CCOC(=O)C1(NC2CC2)CCC(SCc2ccco2)C1. The summed E-state index contributed by atoms with van der Waals surface area (Å²) in [5, 5.41) is 4.05. The van der Waals surface area contributed by atoms with Crippen LogP contribution in [-0.4, -0.2) is 29.4 Å². The van der Waals surface area contributed by atoms with Crippen LogP contribution in [-0.2, 0) is 15.3 Å². The molecule has 5 heteroatoms. The quantitative estimate of drug-likeness (QED) is 0.784. The molecule has 0 saturated heterocycles. The van der Waals surface area contributed by atoms with E-state index in [1.165, 1.54) is 12.8 Å². The molecular weight excluding hydrogens is 286 g/mol. The van der Waals surface area contributed by atoms with Crippen molar-refractivity contribution >= 4 is 17.7 Å². The molecular formula is C16H23NO3S. The average molecular weight is 309 g/mol. The highest BCUT2D eigenvalue weighted by Gasteiger charge is 2.49. The Labute approximate surface area is 130 Å². The summed E-state index contributed by atoms with van der Waals surface area (Å²) in [6.07, 6.45) is 6.90. The van der Waals surface area contributed by atoms with Crippen LogP contribution in [0.25, 0.3) is 0 Å². The van der Waals surface area contributed by atoms with Crippen molar-refractivity contribution in [1.82, 2.24) is 5.32 Å². The highest BCUT2D eigenvalue weighted by atomic mass is 32.2. The second-order valence-corrected chi connectivity index (χ2v) is 7.27. The number of ether oxygens (including phenoxy) is 1. The summed E-state index contributed by atoms with van der Waals surface area (Å²) in [6.45, 7) is 2.33. The first-order valence-corrected chi connectivity index (χ1v) is 8.85. The molecule has 0 radical (unpaired) electrons. The van der Waals surface area contributed by atoms with Gasteiger partial charge >= 0.3 is 5.97 Å². The van der Waals surface area contributed by atoms with Crippen molar-refractivity contribution in [1.29, 1.82) is 0 Å². The molecule has 2 saturated carbocycles. The molecule has 2 atom stereocenters. The van der Waals surface area contributed by atoms with Crippen molar-refractivity contribution in [3.05, 3.63) is 24.2 Å². The van der Waals surface area contributed by atoms with Crippen LogP contribution >= 0.6 is 11.8 Å². The van der Waals surface area contributed by atoms with Crippen LogP contribution in [0.4, 0.5) is 0 Å². The van der Waals surface area contributed by atoms with E-state index < -0.39 is 5.54 Å². The van der Waals surface area contributed by atoms with Gasteiger partial charge < -0.3 is 9.15 Å². The van der Waals surface area contributed by atoms with Crippen LogP contribution in [0.5, 0.6) is 0 Å². The smallest absolute Gasteiger partial charge is 0.326 e. The summed E-state index contributed by atoms with van der Waals surface area (Å²) in [6, 6.07) is 4.44. The van der Waals surface area contributed by atoms with Crippen LogP contribution < -0.4 is 5.32 Å². The maximum absolute atomic E-state index is 12.4. The van der Waals surface area contributed by atoms with E-state index in [1.807, 2.05) is 30.8 Å². The normalized spacial score (nSPS) is 28.7. The summed E-state index contributed by atoms with van der Waals surface area (Å²) >= 11 is 1.89. The van der Waals surface area contributed by atoms with E-state index in [1.54, 1.807) is 6.26 Å². The number of thioether (sulfide) groups is 1. The number of hydrogen-bond acceptors (Lipinski definition) is 5. The van der Waals surface area contributed by atoms with Crippen molar-refractivity contribution in [3.8, 4) is 0 Å². The Morgan fingerprint density at radius 3 is 3.05 bits per heavy atom. The van der Waals surface area contributed by atoms with E-state index in [-0.39, 0.29) is 5.97 Å². The monoisotopic (exact) mass is 309 g/mol. The van der Waals surface area contributed by atoms with E-state index in [2.05, 4.69) is 5.32 Å². The molecule has 2 aliphatic carbocycles. The molecule has 1 aromatic rings. The number of rotatable bonds is 7. The van der Waals surface area contributed by atoms with Crippen molar-refractivity contribution in [2.45, 2.75) is 61.6 Å². The third-order valence-corrected chi connectivity index (χ3v) is 5.56. The molecule has 1 N–H and O–H groups in total. The van der Waals surface area contributed by atoms with Gasteiger partial charge in [0.15, 0.2) is 0 Å². The summed E-state index contributed by atoms with van der Waals surface area (Å²) in [5.74, 6) is 1.82. The minimum absolute atomic E-state index is 0.0574. The molecule has 0 aromatic carbocycles. The maximum atomic E-state index is 12.4. The van der Waals surface area contributed by atoms with Gasteiger partial charge in [0.2, 0.25) is 0 Å². The molecule has 0 aliphatic heterocycles. The maximum Gasteiger partial charge on any atom is 0.326 e. The van der Waals surface area contributed by atoms with Crippen LogP contribution in [0.15, 0.2) is 22.8 Å². The summed E-state index contributed by atoms with van der Waals surface area (Å²) < 4.78 is 10.7. The van der Waals surface area contributed by atoms with E-state index in [0.717, 1.165) is 30.8 Å². The number of furan rings is 1. The zero-order valence-corrected chi connectivity index (χ0v) is 13.3. The van der Waals surface area contributed by atoms with Gasteiger partial charge in [-0.05, 0) is 51.2 Å². The lowest BCUT2D eigenvalue weighted by atomic mass is 9.97. The fourth-order valence-electron chi connectivity index (χ4n) is 3.00. The number of carbonyl (C=O) groups is 1. The Morgan fingerprint density at radius 1 is 1.52 bits per heavy atom. The summed E-state index contributed by atoms with van der Waals surface area (Å²) in [5.41, 5.74) is -0.446. The van der Waals surface area contributed by atoms with Crippen molar-refractivity contribution in [2.24, 2.45) is 0 Å². The molecule has 21 heavy (non-hydrogen) atoms. The van der Waals surface area contributed by atoms with Gasteiger partial charge in [-0.1, -0.05) is 0 Å². The van der Waals surface area contributed by atoms with E-state index >= 15 is 0 Å². The van der Waals surface area contributed by atoms with Gasteiger partial charge in [0.05, 0.1) is 18.6 Å². The Balaban J connectivity index is 1.58. The number of nitrogens with one attached hydrogen (secondary N) is 1. The molecule has 0 spiro atoms. The Hall–Kier alpha value is -0.940. The standard InChI is InChI=1S/C16H23NO3S/c1-2-19-15(18)16(17-12-5-6-12)8-7-14(10-16)21-11-13-4-3-9-20-13/h3-4,9,12,14,17H,2,5-8,10-11H2,1H3. The topological polar surface area (TPSA) is 51.5 Å². The van der Waals surface area contributed by atoms with Crippen LogP contribution in [0.3, 0.4) is 0 Å². The van der Waals surface area contributed by atoms with Gasteiger partial charge in [0.1, 0.15) is 11.3 Å². The highest BCUT2D eigenvalue weighted by Crippen LogP contribution is 2.41. The van der Waals surface area contributed by atoms with Gasteiger partial charge in [-0.3, -0.25) is 10.1 Å². The Kier molecular flexibility index (Phi) is 4.60. The molecule has 0 amide bonds. The van der Waals surface area contributed by atoms with Gasteiger partial charge in [0.25, 0.3) is 0 Å². The van der Waals surface area contributed by atoms with Gasteiger partial charge in [0, 0.05) is 11.3 Å². The first-order chi connectivity index (χ1) is 10.2. The molecule has 4 nitrogen and oxygen atoms in total. The second-order valence-electron chi connectivity index (χ2n) is 5.98. The largest absolute Gasteiger partial charge is 0.468 e. The lowest BCUT2D eigenvalue weighted by Crippen LogP contribution is -2.52. The first-order valence-electron chi connectivity index (χ1n) is 7.81. The number of carbonyl (C=O) groups excluding carboxylic acids is 1. The minimum atomic E-state index is -0.446. The fraction of sp³-hybridized carbons (Fsp3) is 0.688. The summed E-state index contributed by atoms with van der Waals surface area (Å²) in [4.78, 5) is 12.4. The molecule has 116 valence electrons. The van der Waals surface area contributed by atoms with Crippen LogP contribution in [0.2, 0.25) is 0 Å². The van der Waals surface area contributed by atoms with Crippen LogP contribution in [0.1, 0.15) is 44.8 Å². The Morgan fingerprint density at radius 2 is 2.38 bits per heavy atom. The molecule has 0 bridgehead atoms. The van der Waals surface area contributed by atoms with Gasteiger partial charge in [-0.15, -0.1) is 0 Å². The van der Waals surface area contributed by atoms with Crippen LogP contribution in [0, 0.1) is 0 Å². The molecule has 1 aromatic heterocycles. The third-order valence-electron chi connectivity index (χ3n) is 4.23. The molecule has 2 fully saturated rings. The molecule has 1 heterocycles. The number of esters is 1. The van der Waals surface area contributed by atoms with Gasteiger partial charge in [-0.25, -0.2) is 0 Å². The highest BCUT2D eigenvalue weighted by molar-refractivity contribution is 7.99. The molecule has 2 unspecified atom stereocenters. The van der Waals surface area contributed by atoms with Crippen molar-refractivity contribution < 1.29 is 13.9 Å². The zero-order chi connectivity index (χ0) is 14.7. The lowest BCUT2D eigenvalue weighted by molar-refractivity contribution is -0.151. The van der Waals surface area contributed by atoms with E-state index in [0.29, 0.717) is 17.9 Å². The summed E-state index contributed by atoms with van der Waals surface area (Å²) in [7, 11) is 0.